The molecule has 7 heteroatoms. The van der Waals surface area contributed by atoms with E-state index < -0.39 is 0 Å². The number of nitrogens with zero attached hydrogens (tertiary/aromatic N) is 1. The van der Waals surface area contributed by atoms with Gasteiger partial charge in [-0.15, -0.1) is 0 Å². The van der Waals surface area contributed by atoms with Gasteiger partial charge in [0, 0.05) is 17.8 Å². The molecule has 1 aliphatic heterocycles. The van der Waals surface area contributed by atoms with Gasteiger partial charge in [-0.3, -0.25) is 0 Å². The first-order valence-corrected chi connectivity index (χ1v) is 10.1. The third-order valence-electron chi connectivity index (χ3n) is 4.84. The Kier molecular flexibility index (Phi) is 4.94. The summed E-state index contributed by atoms with van der Waals surface area (Å²) >= 11 is 5.47. The number of H-pyrrole nitrogens is 1. The van der Waals surface area contributed by atoms with E-state index in [0.29, 0.717) is 24.9 Å². The molecule has 1 aliphatic rings. The number of aromatic nitrogens is 2. The van der Waals surface area contributed by atoms with Crippen molar-refractivity contribution in [2.24, 2.45) is 0 Å². The number of imidazole rings is 1. The molecule has 0 atom stereocenters. The van der Waals surface area contributed by atoms with E-state index in [4.69, 9.17) is 21.7 Å². The van der Waals surface area contributed by atoms with Crippen molar-refractivity contribution in [3.8, 4) is 22.9 Å². The molecule has 0 amide bonds. The summed E-state index contributed by atoms with van der Waals surface area (Å²) in [6.45, 7) is 1.75. The topological polar surface area (TPSA) is 71.2 Å². The normalized spacial score (nSPS) is 12.5. The molecule has 0 aliphatic carbocycles. The average molecular weight is 417 g/mol. The fraction of sp³-hybridized carbons (Fsp3) is 0.130. The van der Waals surface area contributed by atoms with Crippen LogP contribution in [-0.2, 0) is 6.54 Å². The number of hydrogen-bond acceptors (Lipinski definition) is 4. The molecular weight excluding hydrogens is 396 g/mol. The van der Waals surface area contributed by atoms with E-state index in [9.17, 15) is 0 Å². The molecule has 0 saturated carbocycles. The molecule has 0 unspecified atom stereocenters. The Labute approximate surface area is 179 Å². The van der Waals surface area contributed by atoms with Crippen LogP contribution in [0.3, 0.4) is 0 Å². The number of thiocarbonyl (C=S) groups is 1. The largest absolute Gasteiger partial charge is 0.486 e. The quantitative estimate of drug-likeness (QED) is 0.426. The lowest BCUT2D eigenvalue weighted by Crippen LogP contribution is -2.28. The maximum Gasteiger partial charge on any atom is 0.171 e. The molecule has 4 aromatic rings. The number of nitrogens with one attached hydrogen (secondary N) is 3. The Hall–Kier alpha value is -3.58. The number of hydrogen-bond donors (Lipinski definition) is 3. The van der Waals surface area contributed by atoms with E-state index in [0.717, 1.165) is 45.2 Å². The first kappa shape index (κ1) is 18.4. The van der Waals surface area contributed by atoms with Crippen molar-refractivity contribution in [3.63, 3.8) is 0 Å². The lowest BCUT2D eigenvalue weighted by atomic mass is 10.2. The Bertz CT molecular complexity index is 1190. The van der Waals surface area contributed by atoms with Crippen LogP contribution < -0.4 is 20.1 Å². The second-order valence-electron chi connectivity index (χ2n) is 6.97. The van der Waals surface area contributed by atoms with Crippen LogP contribution in [0.2, 0.25) is 0 Å². The molecule has 5 rings (SSSR count). The van der Waals surface area contributed by atoms with E-state index >= 15 is 0 Å². The molecule has 0 fully saturated rings. The molecule has 3 aromatic carbocycles. The molecule has 0 radical (unpaired) electrons. The monoisotopic (exact) mass is 416 g/mol. The number of anilines is 1. The number of ether oxygens (including phenoxy) is 2. The molecule has 2 heterocycles. The van der Waals surface area contributed by atoms with Crippen LogP contribution in [0.25, 0.3) is 22.4 Å². The van der Waals surface area contributed by atoms with Gasteiger partial charge in [0.15, 0.2) is 16.6 Å². The third kappa shape index (κ3) is 3.92. The van der Waals surface area contributed by atoms with Crippen molar-refractivity contribution in [2.75, 3.05) is 18.5 Å². The van der Waals surface area contributed by atoms with Crippen LogP contribution in [-0.4, -0.2) is 28.3 Å². The summed E-state index contributed by atoms with van der Waals surface area (Å²) in [5, 5.41) is 7.02. The van der Waals surface area contributed by atoms with Crippen molar-refractivity contribution in [3.05, 3.63) is 72.3 Å². The Morgan fingerprint density at radius 1 is 0.967 bits per heavy atom. The summed E-state index contributed by atoms with van der Waals surface area (Å²) in [6.07, 6.45) is 0. The number of benzene rings is 3. The van der Waals surface area contributed by atoms with Crippen LogP contribution in [0.4, 0.5) is 5.69 Å². The van der Waals surface area contributed by atoms with Gasteiger partial charge in [0.1, 0.15) is 19.0 Å². The van der Waals surface area contributed by atoms with Crippen molar-refractivity contribution in [1.82, 2.24) is 15.3 Å². The zero-order valence-electron chi connectivity index (χ0n) is 16.1. The van der Waals surface area contributed by atoms with Gasteiger partial charge >= 0.3 is 0 Å². The Morgan fingerprint density at radius 2 is 1.83 bits per heavy atom. The summed E-state index contributed by atoms with van der Waals surface area (Å²) in [4.78, 5) is 8.02. The van der Waals surface area contributed by atoms with Crippen molar-refractivity contribution < 1.29 is 9.47 Å². The molecule has 150 valence electrons. The maximum absolute atomic E-state index is 5.63. The highest BCUT2D eigenvalue weighted by Crippen LogP contribution is 2.30. The van der Waals surface area contributed by atoms with E-state index in [1.165, 1.54) is 0 Å². The van der Waals surface area contributed by atoms with Crippen molar-refractivity contribution in [2.45, 2.75) is 6.54 Å². The van der Waals surface area contributed by atoms with Crippen LogP contribution in [0, 0.1) is 0 Å². The highest BCUT2D eigenvalue weighted by atomic mass is 32.1. The fourth-order valence-electron chi connectivity index (χ4n) is 3.39. The van der Waals surface area contributed by atoms with Crippen LogP contribution in [0.5, 0.6) is 11.5 Å². The number of para-hydroxylation sites is 2. The Morgan fingerprint density at radius 3 is 2.73 bits per heavy atom. The molecule has 30 heavy (non-hydrogen) atoms. The van der Waals surface area contributed by atoms with Crippen LogP contribution in [0.1, 0.15) is 5.56 Å². The zero-order chi connectivity index (χ0) is 20.3. The lowest BCUT2D eigenvalue weighted by Gasteiger charge is -2.19. The SMILES string of the molecule is S=C(NCc1ccc2c(c1)OCCO2)Nc1cccc(-c2nc3ccccc3[nH]2)c1. The Balaban J connectivity index is 1.24. The minimum atomic E-state index is 0.548. The van der Waals surface area contributed by atoms with E-state index in [-0.39, 0.29) is 0 Å². The van der Waals surface area contributed by atoms with E-state index in [1.54, 1.807) is 0 Å². The van der Waals surface area contributed by atoms with Gasteiger partial charge in [-0.1, -0.05) is 30.3 Å². The molecule has 6 nitrogen and oxygen atoms in total. The molecular formula is C23H20N4O2S. The number of fused-ring (bicyclic) bond motifs is 2. The zero-order valence-corrected chi connectivity index (χ0v) is 17.0. The predicted molar refractivity (Wildman–Crippen MR) is 122 cm³/mol. The molecule has 0 bridgehead atoms. The first-order valence-electron chi connectivity index (χ1n) is 9.73. The summed E-state index contributed by atoms with van der Waals surface area (Å²) in [6, 6.07) is 21.9. The number of rotatable bonds is 4. The van der Waals surface area contributed by atoms with Crippen molar-refractivity contribution in [1.29, 1.82) is 0 Å². The number of aromatic amines is 1. The van der Waals surface area contributed by atoms with Gasteiger partial charge < -0.3 is 25.1 Å². The smallest absolute Gasteiger partial charge is 0.171 e. The van der Waals surface area contributed by atoms with Gasteiger partial charge in [-0.25, -0.2) is 4.98 Å². The molecule has 1 aromatic heterocycles. The van der Waals surface area contributed by atoms with E-state index in [1.807, 2.05) is 66.7 Å². The second-order valence-corrected chi connectivity index (χ2v) is 7.38. The van der Waals surface area contributed by atoms with Crippen LogP contribution in [0.15, 0.2) is 66.7 Å². The highest BCUT2D eigenvalue weighted by Gasteiger charge is 2.12. The minimum absolute atomic E-state index is 0.548. The van der Waals surface area contributed by atoms with Gasteiger partial charge in [-0.2, -0.15) is 0 Å². The molecule has 0 spiro atoms. The van der Waals surface area contributed by atoms with Gasteiger partial charge in [0.25, 0.3) is 0 Å². The van der Waals surface area contributed by atoms with Gasteiger partial charge in [0.2, 0.25) is 0 Å². The van der Waals surface area contributed by atoms with E-state index in [2.05, 4.69) is 20.6 Å². The van der Waals surface area contributed by atoms with Crippen molar-refractivity contribution >= 4 is 34.1 Å². The fourth-order valence-corrected chi connectivity index (χ4v) is 3.58. The van der Waals surface area contributed by atoms with Gasteiger partial charge in [0.05, 0.1) is 11.0 Å². The standard InChI is InChI=1S/C23H20N4O2S/c30-23(24-14-15-8-9-20-21(12-15)29-11-10-28-20)25-17-5-3-4-16(13-17)22-26-18-6-1-2-7-19(18)27-22/h1-9,12-13H,10-11,14H2,(H,26,27)(H2,24,25,30). The minimum Gasteiger partial charge on any atom is -0.486 e. The average Bonchev–Trinajstić information content (AvgIpc) is 3.22. The third-order valence-corrected chi connectivity index (χ3v) is 5.09. The summed E-state index contributed by atoms with van der Waals surface area (Å²) in [5.74, 6) is 2.39. The predicted octanol–water partition coefficient (Wildman–Crippen LogP) is 4.49. The lowest BCUT2D eigenvalue weighted by molar-refractivity contribution is 0.171. The summed E-state index contributed by atoms with van der Waals surface area (Å²) in [5.41, 5.74) is 4.92. The summed E-state index contributed by atoms with van der Waals surface area (Å²) < 4.78 is 11.2. The van der Waals surface area contributed by atoms with Gasteiger partial charge in [-0.05, 0) is 54.2 Å². The molecule has 0 saturated heterocycles. The molecule has 3 N–H and O–H groups in total. The maximum atomic E-state index is 5.63. The first-order chi connectivity index (χ1) is 14.7. The van der Waals surface area contributed by atoms with Crippen LogP contribution >= 0.6 is 12.2 Å². The second kappa shape index (κ2) is 8.04. The summed E-state index contributed by atoms with van der Waals surface area (Å²) in [7, 11) is 0. The highest BCUT2D eigenvalue weighted by molar-refractivity contribution is 7.80.